The van der Waals surface area contributed by atoms with Gasteiger partial charge in [0.1, 0.15) is 0 Å². The van der Waals surface area contributed by atoms with Gasteiger partial charge in [-0.25, -0.2) is 4.79 Å². The van der Waals surface area contributed by atoms with Crippen molar-refractivity contribution in [2.75, 3.05) is 11.9 Å². The first-order chi connectivity index (χ1) is 10.5. The minimum absolute atomic E-state index is 0.0920. The molecule has 0 saturated carbocycles. The first-order valence-electron chi connectivity index (χ1n) is 7.48. The minimum atomic E-state index is -4.46. The third-order valence-corrected chi connectivity index (χ3v) is 4.12. The zero-order valence-corrected chi connectivity index (χ0v) is 13.4. The van der Waals surface area contributed by atoms with Crippen molar-refractivity contribution >= 4 is 11.7 Å². The van der Waals surface area contributed by atoms with Crippen molar-refractivity contribution in [1.29, 1.82) is 0 Å². The van der Waals surface area contributed by atoms with Crippen molar-refractivity contribution in [3.63, 3.8) is 0 Å². The summed E-state index contributed by atoms with van der Waals surface area (Å²) in [5.74, 6) is 0. The van der Waals surface area contributed by atoms with Gasteiger partial charge in [0, 0.05) is 12.2 Å². The Morgan fingerprint density at radius 1 is 1.35 bits per heavy atom. The monoisotopic (exact) mass is 330 g/mol. The number of aliphatic hydroxyl groups is 1. The number of nitrogens with one attached hydrogen (secondary N) is 1. The van der Waals surface area contributed by atoms with Gasteiger partial charge in [0.05, 0.1) is 17.2 Å². The molecule has 1 fully saturated rings. The first-order valence-corrected chi connectivity index (χ1v) is 7.48. The number of likely N-dealkylation sites (tertiary alicyclic amines) is 1. The smallest absolute Gasteiger partial charge is 0.388 e. The number of hydrogen-bond donors (Lipinski definition) is 2. The van der Waals surface area contributed by atoms with E-state index in [-0.39, 0.29) is 17.3 Å². The number of urea groups is 1. The third-order valence-electron chi connectivity index (χ3n) is 4.12. The Morgan fingerprint density at radius 3 is 2.57 bits per heavy atom. The third kappa shape index (κ3) is 3.96. The largest absolute Gasteiger partial charge is 0.416 e. The predicted molar refractivity (Wildman–Crippen MR) is 81.2 cm³/mol. The van der Waals surface area contributed by atoms with Crippen LogP contribution in [0.4, 0.5) is 23.7 Å². The second-order valence-corrected chi connectivity index (χ2v) is 6.46. The number of amides is 2. The van der Waals surface area contributed by atoms with E-state index in [1.807, 2.05) is 0 Å². The van der Waals surface area contributed by atoms with Gasteiger partial charge in [-0.3, -0.25) is 0 Å². The highest BCUT2D eigenvalue weighted by Crippen LogP contribution is 2.34. The molecule has 0 spiro atoms. The highest BCUT2D eigenvalue weighted by atomic mass is 19.4. The van der Waals surface area contributed by atoms with Crippen LogP contribution in [0.25, 0.3) is 0 Å². The molecule has 7 heteroatoms. The lowest BCUT2D eigenvalue weighted by molar-refractivity contribution is -0.138. The Hall–Kier alpha value is -1.76. The molecule has 1 atom stereocenters. The Kier molecular flexibility index (Phi) is 4.61. The summed E-state index contributed by atoms with van der Waals surface area (Å²) in [4.78, 5) is 13.8. The van der Waals surface area contributed by atoms with Crippen LogP contribution in [0.3, 0.4) is 0 Å². The summed E-state index contributed by atoms with van der Waals surface area (Å²) in [7, 11) is 0. The van der Waals surface area contributed by atoms with Crippen molar-refractivity contribution in [2.24, 2.45) is 0 Å². The molecular formula is C16H21F3N2O2. The molecule has 128 valence electrons. The van der Waals surface area contributed by atoms with Crippen LogP contribution in [0.2, 0.25) is 0 Å². The van der Waals surface area contributed by atoms with E-state index in [1.165, 1.54) is 24.0 Å². The maximum atomic E-state index is 12.9. The van der Waals surface area contributed by atoms with Crippen LogP contribution in [-0.4, -0.2) is 34.2 Å². The number of rotatable bonds is 2. The van der Waals surface area contributed by atoms with Crippen LogP contribution in [0.1, 0.15) is 37.8 Å². The van der Waals surface area contributed by atoms with Crippen LogP contribution >= 0.6 is 0 Å². The number of benzene rings is 1. The molecule has 1 aliphatic rings. The molecule has 0 bridgehead atoms. The van der Waals surface area contributed by atoms with E-state index in [2.05, 4.69) is 5.32 Å². The van der Waals surface area contributed by atoms with Gasteiger partial charge in [0.25, 0.3) is 0 Å². The van der Waals surface area contributed by atoms with Gasteiger partial charge in [-0.15, -0.1) is 0 Å². The lowest BCUT2D eigenvalue weighted by atomic mass is 9.97. The summed E-state index contributed by atoms with van der Waals surface area (Å²) >= 11 is 0. The minimum Gasteiger partial charge on any atom is -0.388 e. The van der Waals surface area contributed by atoms with E-state index in [4.69, 9.17) is 0 Å². The quantitative estimate of drug-likeness (QED) is 0.867. The number of anilines is 1. The number of hydrogen-bond acceptors (Lipinski definition) is 2. The van der Waals surface area contributed by atoms with Crippen molar-refractivity contribution in [3.8, 4) is 0 Å². The average molecular weight is 330 g/mol. The SMILES string of the molecule is Cc1ccc(NC(=O)N2CCCC2C(C)(C)O)cc1C(F)(F)F. The molecule has 1 aliphatic heterocycles. The number of aryl methyl sites for hydroxylation is 1. The molecule has 2 rings (SSSR count). The van der Waals surface area contributed by atoms with Crippen molar-refractivity contribution in [1.82, 2.24) is 4.90 Å². The summed E-state index contributed by atoms with van der Waals surface area (Å²) in [6, 6.07) is 2.86. The Balaban J connectivity index is 2.18. The standard InChI is InChI=1S/C16H21F3N2O2/c1-10-6-7-11(9-12(10)16(17,18)19)20-14(22)21-8-4-5-13(21)15(2,3)23/h6-7,9,13,23H,4-5,8H2,1-3H3,(H,20,22). The molecule has 1 aromatic carbocycles. The number of alkyl halides is 3. The molecular weight excluding hydrogens is 309 g/mol. The molecule has 4 nitrogen and oxygen atoms in total. The van der Waals surface area contributed by atoms with Gasteiger partial charge in [0.2, 0.25) is 0 Å². The molecule has 1 saturated heterocycles. The number of carbonyl (C=O) groups is 1. The van der Waals surface area contributed by atoms with E-state index in [0.29, 0.717) is 13.0 Å². The van der Waals surface area contributed by atoms with E-state index in [1.54, 1.807) is 13.8 Å². The highest BCUT2D eigenvalue weighted by molar-refractivity contribution is 5.90. The van der Waals surface area contributed by atoms with Crippen LogP contribution < -0.4 is 5.32 Å². The lowest BCUT2D eigenvalue weighted by Crippen LogP contribution is -2.49. The Bertz CT molecular complexity index is 594. The fraction of sp³-hybridized carbons (Fsp3) is 0.562. The van der Waals surface area contributed by atoms with Gasteiger partial charge in [0.15, 0.2) is 0 Å². The van der Waals surface area contributed by atoms with Crippen LogP contribution in [0.15, 0.2) is 18.2 Å². The molecule has 2 N–H and O–H groups in total. The number of carbonyl (C=O) groups excluding carboxylic acids is 1. The van der Waals surface area contributed by atoms with E-state index in [9.17, 15) is 23.1 Å². The first kappa shape index (κ1) is 17.6. The van der Waals surface area contributed by atoms with Crippen LogP contribution in [0.5, 0.6) is 0 Å². The van der Waals surface area contributed by atoms with Gasteiger partial charge in [-0.1, -0.05) is 6.07 Å². The second-order valence-electron chi connectivity index (χ2n) is 6.46. The Labute approximate surface area is 133 Å². The molecule has 1 heterocycles. The molecule has 2 amide bonds. The topological polar surface area (TPSA) is 52.6 Å². The van der Waals surface area contributed by atoms with Gasteiger partial charge < -0.3 is 15.3 Å². The van der Waals surface area contributed by atoms with Gasteiger partial charge in [-0.2, -0.15) is 13.2 Å². The van der Waals surface area contributed by atoms with E-state index in [0.717, 1.165) is 12.5 Å². The zero-order valence-electron chi connectivity index (χ0n) is 13.4. The van der Waals surface area contributed by atoms with E-state index < -0.39 is 23.4 Å². The van der Waals surface area contributed by atoms with Crippen molar-refractivity contribution in [3.05, 3.63) is 29.3 Å². The average Bonchev–Trinajstić information content (AvgIpc) is 2.89. The van der Waals surface area contributed by atoms with Crippen molar-refractivity contribution in [2.45, 2.75) is 51.4 Å². The number of nitrogens with zero attached hydrogens (tertiary/aromatic N) is 1. The van der Waals surface area contributed by atoms with Gasteiger partial charge >= 0.3 is 12.2 Å². The molecule has 23 heavy (non-hydrogen) atoms. The molecule has 0 aromatic heterocycles. The Morgan fingerprint density at radius 2 is 2.00 bits per heavy atom. The number of halogens is 3. The molecule has 1 aromatic rings. The highest BCUT2D eigenvalue weighted by Gasteiger charge is 2.38. The predicted octanol–water partition coefficient (Wildman–Crippen LogP) is 3.78. The summed E-state index contributed by atoms with van der Waals surface area (Å²) in [5, 5.41) is 12.6. The van der Waals surface area contributed by atoms with E-state index >= 15 is 0 Å². The van der Waals surface area contributed by atoms with Crippen LogP contribution in [0, 0.1) is 6.92 Å². The summed E-state index contributed by atoms with van der Waals surface area (Å²) in [5.41, 5.74) is -1.63. The maximum absolute atomic E-state index is 12.9. The summed E-state index contributed by atoms with van der Waals surface area (Å²) in [6.45, 7) is 5.09. The fourth-order valence-corrected chi connectivity index (χ4v) is 2.94. The maximum Gasteiger partial charge on any atom is 0.416 e. The zero-order chi connectivity index (χ0) is 17.4. The summed E-state index contributed by atoms with van der Waals surface area (Å²) in [6.07, 6.45) is -3.05. The lowest BCUT2D eigenvalue weighted by Gasteiger charge is -2.33. The normalized spacial score (nSPS) is 19.1. The molecule has 1 unspecified atom stereocenters. The molecule has 0 aliphatic carbocycles. The van der Waals surface area contributed by atoms with Crippen molar-refractivity contribution < 1.29 is 23.1 Å². The fourth-order valence-electron chi connectivity index (χ4n) is 2.94. The summed E-state index contributed by atoms with van der Waals surface area (Å²) < 4.78 is 38.8. The molecule has 0 radical (unpaired) electrons. The van der Waals surface area contributed by atoms with Crippen LogP contribution in [-0.2, 0) is 6.18 Å². The van der Waals surface area contributed by atoms with Gasteiger partial charge in [-0.05, 0) is 51.3 Å². The second kappa shape index (κ2) is 6.03.